The van der Waals surface area contributed by atoms with Crippen LogP contribution in [0.5, 0.6) is 0 Å². The molecule has 20 heavy (non-hydrogen) atoms. The number of hydrogen-bond donors (Lipinski definition) is 1. The van der Waals surface area contributed by atoms with E-state index in [9.17, 15) is 0 Å². The largest absolute Gasteiger partial charge is 0.463 e. The fourth-order valence-corrected chi connectivity index (χ4v) is 1.97. The Labute approximate surface area is 112 Å². The summed E-state index contributed by atoms with van der Waals surface area (Å²) >= 11 is 0. The van der Waals surface area contributed by atoms with Gasteiger partial charge < -0.3 is 14.6 Å². The molecule has 0 aliphatic heterocycles. The van der Waals surface area contributed by atoms with E-state index in [0.717, 1.165) is 0 Å². The second kappa shape index (κ2) is 3.95. The predicted octanol–water partition coefficient (Wildman–Crippen LogP) is 2.23. The lowest BCUT2D eigenvalue weighted by Gasteiger charge is -1.99. The first-order valence-corrected chi connectivity index (χ1v) is 5.92. The lowest BCUT2D eigenvalue weighted by atomic mass is 10.3. The molecular weight excluding hydrogens is 258 g/mol. The molecule has 0 fully saturated rings. The zero-order valence-corrected chi connectivity index (χ0v) is 10.2. The van der Waals surface area contributed by atoms with Gasteiger partial charge in [-0.05, 0) is 24.3 Å². The Kier molecular flexibility index (Phi) is 2.13. The Balaban J connectivity index is 1.92. The molecule has 4 rings (SSSR count). The summed E-state index contributed by atoms with van der Waals surface area (Å²) in [5.74, 6) is 1.94. The van der Waals surface area contributed by atoms with Crippen molar-refractivity contribution in [3.05, 3.63) is 43.0 Å². The highest BCUT2D eigenvalue weighted by Gasteiger charge is 2.14. The molecule has 0 saturated carbocycles. The van der Waals surface area contributed by atoms with E-state index in [1.54, 1.807) is 47.5 Å². The van der Waals surface area contributed by atoms with Crippen molar-refractivity contribution in [3.8, 4) is 23.0 Å². The van der Waals surface area contributed by atoms with Gasteiger partial charge in [-0.25, -0.2) is 14.5 Å². The fourth-order valence-electron chi connectivity index (χ4n) is 1.97. The Morgan fingerprint density at radius 2 is 1.75 bits per heavy atom. The van der Waals surface area contributed by atoms with E-state index in [1.165, 1.54) is 0 Å². The average Bonchev–Trinajstić information content (AvgIpc) is 3.19. The second-order valence-electron chi connectivity index (χ2n) is 4.17. The van der Waals surface area contributed by atoms with Gasteiger partial charge in [-0.1, -0.05) is 0 Å². The van der Waals surface area contributed by atoms with E-state index >= 15 is 0 Å². The van der Waals surface area contributed by atoms with Crippen LogP contribution in [0.25, 0.3) is 28.7 Å². The molecule has 0 amide bonds. The maximum absolute atomic E-state index is 5.92. The SMILES string of the molecule is Nc1nc(-c2ccco2)cn2nc(-c3ccco3)nc12. The van der Waals surface area contributed by atoms with Crippen LogP contribution in [0.4, 0.5) is 5.82 Å². The third kappa shape index (κ3) is 1.57. The van der Waals surface area contributed by atoms with Gasteiger partial charge in [0.2, 0.25) is 5.82 Å². The molecule has 7 nitrogen and oxygen atoms in total. The van der Waals surface area contributed by atoms with Gasteiger partial charge in [0.05, 0.1) is 18.7 Å². The predicted molar refractivity (Wildman–Crippen MR) is 70.6 cm³/mol. The molecule has 0 spiro atoms. The van der Waals surface area contributed by atoms with E-state index in [-0.39, 0.29) is 5.82 Å². The Bertz CT molecular complexity index is 862. The molecule has 0 unspecified atom stereocenters. The maximum atomic E-state index is 5.92. The molecule has 98 valence electrons. The lowest BCUT2D eigenvalue weighted by molar-refractivity contribution is 0.577. The monoisotopic (exact) mass is 267 g/mol. The molecule has 0 radical (unpaired) electrons. The number of aromatic nitrogens is 4. The topological polar surface area (TPSA) is 95.4 Å². The molecule has 0 aliphatic carbocycles. The number of anilines is 1. The summed E-state index contributed by atoms with van der Waals surface area (Å²) in [6.45, 7) is 0. The van der Waals surface area contributed by atoms with Gasteiger partial charge in [0, 0.05) is 0 Å². The van der Waals surface area contributed by atoms with Gasteiger partial charge in [-0.3, -0.25) is 0 Å². The summed E-state index contributed by atoms with van der Waals surface area (Å²) in [6, 6.07) is 7.15. The van der Waals surface area contributed by atoms with Crippen molar-refractivity contribution in [2.75, 3.05) is 5.73 Å². The first-order valence-electron chi connectivity index (χ1n) is 5.92. The quantitative estimate of drug-likeness (QED) is 0.598. The van der Waals surface area contributed by atoms with Crippen LogP contribution in [0, 0.1) is 0 Å². The summed E-state index contributed by atoms with van der Waals surface area (Å²) in [6.07, 6.45) is 4.86. The highest BCUT2D eigenvalue weighted by Crippen LogP contribution is 2.23. The molecule has 4 heterocycles. The van der Waals surface area contributed by atoms with Crippen LogP contribution in [-0.4, -0.2) is 19.6 Å². The van der Waals surface area contributed by atoms with Crippen molar-refractivity contribution < 1.29 is 8.83 Å². The van der Waals surface area contributed by atoms with Crippen molar-refractivity contribution >= 4 is 11.5 Å². The van der Waals surface area contributed by atoms with E-state index in [2.05, 4.69) is 15.1 Å². The van der Waals surface area contributed by atoms with Crippen molar-refractivity contribution in [1.29, 1.82) is 0 Å². The highest BCUT2D eigenvalue weighted by atomic mass is 16.3. The molecule has 7 heteroatoms. The highest BCUT2D eigenvalue weighted by molar-refractivity contribution is 5.67. The van der Waals surface area contributed by atoms with Gasteiger partial charge in [0.15, 0.2) is 23.0 Å². The summed E-state index contributed by atoms with van der Waals surface area (Å²) in [5, 5.41) is 4.34. The minimum absolute atomic E-state index is 0.282. The molecule has 4 aromatic heterocycles. The van der Waals surface area contributed by atoms with Crippen LogP contribution in [0.2, 0.25) is 0 Å². The minimum atomic E-state index is 0.282. The number of furan rings is 2. The number of rotatable bonds is 2. The van der Waals surface area contributed by atoms with E-state index in [0.29, 0.717) is 28.7 Å². The third-order valence-corrected chi connectivity index (χ3v) is 2.86. The van der Waals surface area contributed by atoms with Crippen LogP contribution in [0.1, 0.15) is 0 Å². The Hall–Kier alpha value is -3.09. The number of nitrogen functional groups attached to an aromatic ring is 1. The van der Waals surface area contributed by atoms with Crippen LogP contribution in [0.15, 0.2) is 51.8 Å². The standard InChI is InChI=1S/C13H9N5O2/c14-11-13-16-12(10-4-2-6-20-10)17-18(13)7-8(15-11)9-3-1-5-19-9/h1-7H,(H2,14,15). The molecule has 0 aliphatic rings. The molecule has 0 atom stereocenters. The van der Waals surface area contributed by atoms with Gasteiger partial charge in [-0.15, -0.1) is 5.10 Å². The van der Waals surface area contributed by atoms with Crippen LogP contribution in [-0.2, 0) is 0 Å². The van der Waals surface area contributed by atoms with Gasteiger partial charge in [0.1, 0.15) is 5.69 Å². The molecule has 2 N–H and O–H groups in total. The summed E-state index contributed by atoms with van der Waals surface area (Å²) in [4.78, 5) is 8.59. The molecular formula is C13H9N5O2. The molecule has 0 saturated heterocycles. The van der Waals surface area contributed by atoms with Crippen molar-refractivity contribution in [2.24, 2.45) is 0 Å². The Morgan fingerprint density at radius 1 is 1.00 bits per heavy atom. The van der Waals surface area contributed by atoms with Gasteiger partial charge >= 0.3 is 0 Å². The first-order chi connectivity index (χ1) is 9.81. The third-order valence-electron chi connectivity index (χ3n) is 2.86. The number of fused-ring (bicyclic) bond motifs is 1. The lowest BCUT2D eigenvalue weighted by Crippen LogP contribution is -1.99. The number of nitrogens with zero attached hydrogens (tertiary/aromatic N) is 4. The van der Waals surface area contributed by atoms with Gasteiger partial charge in [0.25, 0.3) is 0 Å². The van der Waals surface area contributed by atoms with Crippen LogP contribution in [0.3, 0.4) is 0 Å². The van der Waals surface area contributed by atoms with E-state index in [4.69, 9.17) is 14.6 Å². The molecule has 0 aromatic carbocycles. The summed E-state index contributed by atoms with van der Waals surface area (Å²) in [5.41, 5.74) is 6.99. The van der Waals surface area contributed by atoms with E-state index < -0.39 is 0 Å². The van der Waals surface area contributed by atoms with E-state index in [1.807, 2.05) is 0 Å². The fraction of sp³-hybridized carbons (Fsp3) is 0. The molecule has 4 aromatic rings. The average molecular weight is 267 g/mol. The maximum Gasteiger partial charge on any atom is 0.218 e. The Morgan fingerprint density at radius 3 is 2.45 bits per heavy atom. The smallest absolute Gasteiger partial charge is 0.218 e. The molecule has 0 bridgehead atoms. The summed E-state index contributed by atoms with van der Waals surface area (Å²) in [7, 11) is 0. The van der Waals surface area contributed by atoms with Crippen molar-refractivity contribution in [1.82, 2.24) is 19.6 Å². The van der Waals surface area contributed by atoms with Crippen LogP contribution >= 0.6 is 0 Å². The normalized spacial score (nSPS) is 11.2. The van der Waals surface area contributed by atoms with Crippen molar-refractivity contribution in [3.63, 3.8) is 0 Å². The minimum Gasteiger partial charge on any atom is -0.463 e. The zero-order chi connectivity index (χ0) is 13.5. The van der Waals surface area contributed by atoms with Gasteiger partial charge in [-0.2, -0.15) is 0 Å². The zero-order valence-electron chi connectivity index (χ0n) is 10.2. The van der Waals surface area contributed by atoms with Crippen molar-refractivity contribution in [2.45, 2.75) is 0 Å². The number of hydrogen-bond acceptors (Lipinski definition) is 6. The second-order valence-corrected chi connectivity index (χ2v) is 4.17. The van der Waals surface area contributed by atoms with Crippen LogP contribution < -0.4 is 5.73 Å². The summed E-state index contributed by atoms with van der Waals surface area (Å²) < 4.78 is 12.1. The first kappa shape index (κ1) is 10.8. The number of nitrogens with two attached hydrogens (primary N) is 1.